The number of hydrogen-bond donors (Lipinski definition) is 1. The number of carboxylic acids is 1. The van der Waals surface area contributed by atoms with Gasteiger partial charge >= 0.3 is 5.97 Å². The molecule has 0 saturated heterocycles. The Balaban J connectivity index is 1.99. The maximum absolute atomic E-state index is 13.5. The van der Waals surface area contributed by atoms with E-state index in [1.165, 1.54) is 29.8 Å². The Morgan fingerprint density at radius 3 is 2.59 bits per heavy atom. The van der Waals surface area contributed by atoms with Gasteiger partial charge in [0.05, 0.1) is 5.69 Å². The lowest BCUT2D eigenvalue weighted by Gasteiger charge is -2.36. The molecule has 160 valence electrons. The second kappa shape index (κ2) is 10.4. The van der Waals surface area contributed by atoms with Crippen molar-refractivity contribution in [2.24, 2.45) is 5.92 Å². The summed E-state index contributed by atoms with van der Waals surface area (Å²) in [4.78, 5) is 28.9. The number of unbranched alkanes of at least 4 members (excludes halogenated alkanes) is 1. The predicted octanol–water partition coefficient (Wildman–Crippen LogP) is 6.90. The van der Waals surface area contributed by atoms with Crippen molar-refractivity contribution in [1.29, 1.82) is 0 Å². The van der Waals surface area contributed by atoms with Crippen molar-refractivity contribution < 1.29 is 14.7 Å². The molecular formula is C24H35NO3S. The molecule has 2 aliphatic carbocycles. The number of carboxylic acid groups (broad SMARTS) is 1. The molecule has 3 rings (SSSR count). The van der Waals surface area contributed by atoms with Gasteiger partial charge in [-0.3, -0.25) is 4.79 Å². The average Bonchev–Trinajstić information content (AvgIpc) is 3.19. The van der Waals surface area contributed by atoms with Crippen molar-refractivity contribution in [3.63, 3.8) is 0 Å². The average molecular weight is 418 g/mol. The van der Waals surface area contributed by atoms with E-state index in [0.717, 1.165) is 69.1 Å². The van der Waals surface area contributed by atoms with Gasteiger partial charge in [0.15, 0.2) is 0 Å². The van der Waals surface area contributed by atoms with Crippen LogP contribution in [0.2, 0.25) is 0 Å². The van der Waals surface area contributed by atoms with Crippen LogP contribution in [0, 0.1) is 5.92 Å². The Morgan fingerprint density at radius 1 is 1.21 bits per heavy atom. The van der Waals surface area contributed by atoms with E-state index in [0.29, 0.717) is 10.6 Å². The maximum Gasteiger partial charge on any atom is 0.348 e. The molecule has 1 aromatic rings. The molecule has 1 amide bonds. The fraction of sp³-hybridized carbons (Fsp3) is 0.667. The molecule has 0 radical (unpaired) electrons. The van der Waals surface area contributed by atoms with E-state index < -0.39 is 5.97 Å². The SMILES string of the molecule is CCCCC(C)C(=O)N(c1cc(C2=CCCCC2)sc1C(=O)O)C1CCCCC1. The molecule has 1 N–H and O–H groups in total. The maximum atomic E-state index is 13.5. The van der Waals surface area contributed by atoms with E-state index in [9.17, 15) is 14.7 Å². The lowest BCUT2D eigenvalue weighted by molar-refractivity contribution is -0.122. The molecule has 4 nitrogen and oxygen atoms in total. The summed E-state index contributed by atoms with van der Waals surface area (Å²) in [5, 5.41) is 9.94. The zero-order valence-corrected chi connectivity index (χ0v) is 18.7. The lowest BCUT2D eigenvalue weighted by atomic mass is 9.92. The van der Waals surface area contributed by atoms with Gasteiger partial charge < -0.3 is 10.0 Å². The van der Waals surface area contributed by atoms with Crippen molar-refractivity contribution in [2.75, 3.05) is 4.90 Å². The molecule has 29 heavy (non-hydrogen) atoms. The van der Waals surface area contributed by atoms with Crippen molar-refractivity contribution in [3.05, 3.63) is 21.9 Å². The molecule has 0 spiro atoms. The summed E-state index contributed by atoms with van der Waals surface area (Å²) in [5.74, 6) is -0.881. The van der Waals surface area contributed by atoms with Crippen LogP contribution in [0.15, 0.2) is 12.1 Å². The Morgan fingerprint density at radius 2 is 1.97 bits per heavy atom. The first-order valence-electron chi connectivity index (χ1n) is 11.4. The van der Waals surface area contributed by atoms with Gasteiger partial charge in [-0.1, -0.05) is 52.0 Å². The van der Waals surface area contributed by atoms with E-state index in [2.05, 4.69) is 13.0 Å². The van der Waals surface area contributed by atoms with Crippen molar-refractivity contribution in [1.82, 2.24) is 0 Å². The second-order valence-corrected chi connectivity index (χ2v) is 9.70. The van der Waals surface area contributed by atoms with Crippen LogP contribution in [-0.4, -0.2) is 23.0 Å². The Kier molecular flexibility index (Phi) is 7.93. The Labute approximate surface area is 179 Å². The number of allylic oxidation sites excluding steroid dienone is 2. The predicted molar refractivity (Wildman–Crippen MR) is 121 cm³/mol. The minimum atomic E-state index is -0.914. The molecule has 0 aliphatic heterocycles. The monoisotopic (exact) mass is 417 g/mol. The number of thiophene rings is 1. The Hall–Kier alpha value is -1.62. The van der Waals surface area contributed by atoms with Crippen molar-refractivity contribution in [2.45, 2.75) is 96.9 Å². The van der Waals surface area contributed by atoms with E-state index in [1.807, 2.05) is 17.9 Å². The quantitative estimate of drug-likeness (QED) is 0.501. The smallest absolute Gasteiger partial charge is 0.348 e. The van der Waals surface area contributed by atoms with E-state index in [4.69, 9.17) is 0 Å². The molecule has 1 saturated carbocycles. The third-order valence-corrected chi connectivity index (χ3v) is 7.55. The number of rotatable bonds is 8. The van der Waals surface area contributed by atoms with Gasteiger partial charge in [0.2, 0.25) is 5.91 Å². The minimum Gasteiger partial charge on any atom is -0.477 e. The van der Waals surface area contributed by atoms with Gasteiger partial charge in [-0.05, 0) is 56.6 Å². The van der Waals surface area contributed by atoms with Gasteiger partial charge in [0.25, 0.3) is 0 Å². The highest BCUT2D eigenvalue weighted by Crippen LogP contribution is 2.40. The largest absolute Gasteiger partial charge is 0.477 e. The van der Waals surface area contributed by atoms with Crippen LogP contribution in [0.5, 0.6) is 0 Å². The van der Waals surface area contributed by atoms with E-state index >= 15 is 0 Å². The number of aromatic carboxylic acids is 1. The first-order chi connectivity index (χ1) is 14.0. The molecule has 1 heterocycles. The molecular weight excluding hydrogens is 382 g/mol. The molecule has 1 aromatic heterocycles. The molecule has 1 atom stereocenters. The Bertz CT molecular complexity index is 745. The first-order valence-corrected chi connectivity index (χ1v) is 12.2. The normalized spacial score (nSPS) is 18.9. The molecule has 1 fully saturated rings. The van der Waals surface area contributed by atoms with Crippen molar-refractivity contribution >= 4 is 34.5 Å². The summed E-state index contributed by atoms with van der Waals surface area (Å²) in [6.45, 7) is 4.15. The summed E-state index contributed by atoms with van der Waals surface area (Å²) < 4.78 is 0. The summed E-state index contributed by atoms with van der Waals surface area (Å²) in [7, 11) is 0. The highest BCUT2D eigenvalue weighted by atomic mass is 32.1. The van der Waals surface area contributed by atoms with Crippen molar-refractivity contribution in [3.8, 4) is 0 Å². The number of amides is 1. The molecule has 5 heteroatoms. The highest BCUT2D eigenvalue weighted by Gasteiger charge is 2.34. The van der Waals surface area contributed by atoms with Crippen LogP contribution in [0.3, 0.4) is 0 Å². The lowest BCUT2D eigenvalue weighted by Crippen LogP contribution is -2.44. The fourth-order valence-corrected chi connectivity index (χ4v) is 5.70. The zero-order valence-electron chi connectivity index (χ0n) is 17.9. The summed E-state index contributed by atoms with van der Waals surface area (Å²) >= 11 is 1.35. The standard InChI is InChI=1S/C24H35NO3S/c1-3-4-11-17(2)23(26)25(19-14-9-6-10-15-19)20-16-21(29-22(20)24(27)28)18-12-7-5-8-13-18/h12,16-17,19H,3-11,13-15H2,1-2H3,(H,27,28). The van der Waals surface area contributed by atoms with Crippen LogP contribution >= 0.6 is 11.3 Å². The molecule has 0 aromatic carbocycles. The van der Waals surface area contributed by atoms with E-state index in [1.54, 1.807) is 0 Å². The summed E-state index contributed by atoms with van der Waals surface area (Å²) in [6.07, 6.45) is 15.0. The topological polar surface area (TPSA) is 57.6 Å². The molecule has 2 aliphatic rings. The van der Waals surface area contributed by atoms with Gasteiger partial charge in [-0.25, -0.2) is 4.79 Å². The number of carbonyl (C=O) groups excluding carboxylic acids is 1. The summed E-state index contributed by atoms with van der Waals surface area (Å²) in [6, 6.07) is 2.13. The second-order valence-electron chi connectivity index (χ2n) is 8.65. The number of hydrogen-bond acceptors (Lipinski definition) is 3. The minimum absolute atomic E-state index is 0.0734. The van der Waals surface area contributed by atoms with Crippen LogP contribution in [-0.2, 0) is 4.79 Å². The first kappa shape index (κ1) is 22.1. The van der Waals surface area contributed by atoms with Crippen LogP contribution in [0.4, 0.5) is 5.69 Å². The van der Waals surface area contributed by atoms with E-state index in [-0.39, 0.29) is 17.9 Å². The van der Waals surface area contributed by atoms with Crippen LogP contribution in [0.25, 0.3) is 5.57 Å². The molecule has 1 unspecified atom stereocenters. The third-order valence-electron chi connectivity index (χ3n) is 6.36. The van der Waals surface area contributed by atoms with Crippen LogP contribution < -0.4 is 4.90 Å². The number of carbonyl (C=O) groups is 2. The van der Waals surface area contributed by atoms with Gasteiger partial charge in [-0.2, -0.15) is 0 Å². The highest BCUT2D eigenvalue weighted by molar-refractivity contribution is 7.15. The van der Waals surface area contributed by atoms with Crippen LogP contribution in [0.1, 0.15) is 105 Å². The fourth-order valence-electron chi connectivity index (χ4n) is 4.64. The van der Waals surface area contributed by atoms with Gasteiger partial charge in [0, 0.05) is 16.8 Å². The van der Waals surface area contributed by atoms with Gasteiger partial charge in [-0.15, -0.1) is 11.3 Å². The van der Waals surface area contributed by atoms with Gasteiger partial charge in [0.1, 0.15) is 4.88 Å². The number of anilines is 1. The summed E-state index contributed by atoms with van der Waals surface area (Å²) in [5.41, 5.74) is 1.90. The molecule has 0 bridgehead atoms. The number of nitrogens with zero attached hydrogens (tertiary/aromatic N) is 1. The third kappa shape index (κ3) is 5.30. The zero-order chi connectivity index (χ0) is 20.8.